The molecule has 0 unspecified atom stereocenters. The Morgan fingerprint density at radius 1 is 1.19 bits per heavy atom. The SMILES string of the molecule is CC(=O)NC1CCN(c2cc(C)nc(-c3ccc(C(C)(F)F)cc3)c2)CC1. The van der Waals surface area contributed by atoms with Gasteiger partial charge in [-0.1, -0.05) is 24.3 Å². The van der Waals surface area contributed by atoms with Crippen LogP contribution in [0.15, 0.2) is 36.4 Å². The standard InChI is InChI=1S/C21H25F2N3O/c1-14-12-19(26-10-8-18(9-11-26)25-15(2)27)13-20(24-14)16-4-6-17(7-5-16)21(3,22)23/h4-7,12-13,18H,8-11H2,1-3H3,(H,25,27). The molecule has 1 aromatic heterocycles. The van der Waals surface area contributed by atoms with Crippen molar-refractivity contribution < 1.29 is 13.6 Å². The topological polar surface area (TPSA) is 45.2 Å². The molecule has 144 valence electrons. The fourth-order valence-electron chi connectivity index (χ4n) is 3.48. The summed E-state index contributed by atoms with van der Waals surface area (Å²) in [6.45, 7) is 6.09. The summed E-state index contributed by atoms with van der Waals surface area (Å²) < 4.78 is 26.8. The Kier molecular flexibility index (Phi) is 5.44. The number of hydrogen-bond acceptors (Lipinski definition) is 3. The van der Waals surface area contributed by atoms with Crippen molar-refractivity contribution in [3.05, 3.63) is 47.7 Å². The number of aryl methyl sites for hydroxylation is 1. The van der Waals surface area contributed by atoms with Crippen molar-refractivity contribution in [1.29, 1.82) is 0 Å². The normalized spacial score (nSPS) is 15.7. The van der Waals surface area contributed by atoms with Crippen molar-refractivity contribution in [2.24, 2.45) is 0 Å². The lowest BCUT2D eigenvalue weighted by molar-refractivity contribution is -0.119. The third-order valence-electron chi connectivity index (χ3n) is 4.89. The maximum absolute atomic E-state index is 13.4. The Labute approximate surface area is 158 Å². The van der Waals surface area contributed by atoms with Gasteiger partial charge >= 0.3 is 0 Å². The van der Waals surface area contributed by atoms with Crippen molar-refractivity contribution in [3.63, 3.8) is 0 Å². The minimum absolute atomic E-state index is 0.000768. The highest BCUT2D eigenvalue weighted by Gasteiger charge is 2.24. The molecule has 0 bridgehead atoms. The fourth-order valence-corrected chi connectivity index (χ4v) is 3.48. The second-order valence-electron chi connectivity index (χ2n) is 7.28. The van der Waals surface area contributed by atoms with E-state index in [1.807, 2.05) is 19.1 Å². The summed E-state index contributed by atoms with van der Waals surface area (Å²) in [6.07, 6.45) is 1.80. The maximum atomic E-state index is 13.4. The third-order valence-corrected chi connectivity index (χ3v) is 4.89. The van der Waals surface area contributed by atoms with Gasteiger partial charge in [-0.25, -0.2) is 8.78 Å². The summed E-state index contributed by atoms with van der Waals surface area (Å²) in [6, 6.07) is 10.6. The molecular formula is C21H25F2N3O. The quantitative estimate of drug-likeness (QED) is 0.870. The van der Waals surface area contributed by atoms with Crippen LogP contribution in [0.1, 0.15) is 37.9 Å². The molecule has 1 fully saturated rings. The average molecular weight is 373 g/mol. The molecular weight excluding hydrogens is 348 g/mol. The van der Waals surface area contributed by atoms with E-state index in [0.717, 1.165) is 55.5 Å². The van der Waals surface area contributed by atoms with E-state index in [1.54, 1.807) is 19.1 Å². The van der Waals surface area contributed by atoms with Gasteiger partial charge in [-0.2, -0.15) is 0 Å². The number of pyridine rings is 1. The lowest BCUT2D eigenvalue weighted by atomic mass is 10.0. The minimum atomic E-state index is -2.85. The molecule has 0 spiro atoms. The van der Waals surface area contributed by atoms with E-state index in [0.29, 0.717) is 0 Å². The first kappa shape index (κ1) is 19.3. The van der Waals surface area contributed by atoms with Crippen molar-refractivity contribution in [1.82, 2.24) is 10.3 Å². The second-order valence-corrected chi connectivity index (χ2v) is 7.28. The maximum Gasteiger partial charge on any atom is 0.270 e. The molecule has 0 radical (unpaired) electrons. The molecule has 1 aliphatic rings. The number of benzene rings is 1. The number of carbonyl (C=O) groups is 1. The first-order chi connectivity index (χ1) is 12.7. The first-order valence-corrected chi connectivity index (χ1v) is 9.22. The number of hydrogen-bond donors (Lipinski definition) is 1. The van der Waals surface area contributed by atoms with Crippen molar-refractivity contribution >= 4 is 11.6 Å². The molecule has 1 amide bonds. The molecule has 1 N–H and O–H groups in total. The van der Waals surface area contributed by atoms with Gasteiger partial charge in [-0.15, -0.1) is 0 Å². The molecule has 2 aromatic rings. The molecule has 3 rings (SSSR count). The number of amides is 1. The van der Waals surface area contributed by atoms with Crippen LogP contribution in [0.5, 0.6) is 0 Å². The predicted molar refractivity (Wildman–Crippen MR) is 103 cm³/mol. The molecule has 0 atom stereocenters. The van der Waals surface area contributed by atoms with Crippen LogP contribution in [0.2, 0.25) is 0 Å². The number of halogens is 2. The summed E-state index contributed by atoms with van der Waals surface area (Å²) in [5.74, 6) is -2.83. The Hall–Kier alpha value is -2.50. The van der Waals surface area contributed by atoms with E-state index in [1.165, 1.54) is 12.1 Å². The Bertz CT molecular complexity index is 807. The van der Waals surface area contributed by atoms with Gasteiger partial charge in [0.05, 0.1) is 5.69 Å². The van der Waals surface area contributed by atoms with Crippen LogP contribution < -0.4 is 10.2 Å². The van der Waals surface area contributed by atoms with Gasteiger partial charge in [0, 0.05) is 55.5 Å². The monoisotopic (exact) mass is 373 g/mol. The number of piperidine rings is 1. The van der Waals surface area contributed by atoms with Gasteiger partial charge in [0.15, 0.2) is 0 Å². The second kappa shape index (κ2) is 7.62. The Morgan fingerprint density at radius 3 is 2.37 bits per heavy atom. The summed E-state index contributed by atoms with van der Waals surface area (Å²) in [7, 11) is 0. The largest absolute Gasteiger partial charge is 0.371 e. The molecule has 27 heavy (non-hydrogen) atoms. The lowest BCUT2D eigenvalue weighted by Crippen LogP contribution is -2.44. The summed E-state index contributed by atoms with van der Waals surface area (Å²) >= 11 is 0. The Balaban J connectivity index is 1.78. The number of aromatic nitrogens is 1. The highest BCUT2D eigenvalue weighted by Crippen LogP contribution is 2.30. The van der Waals surface area contributed by atoms with E-state index < -0.39 is 5.92 Å². The summed E-state index contributed by atoms with van der Waals surface area (Å²) in [5.41, 5.74) is 3.56. The molecule has 2 heterocycles. The zero-order valence-electron chi connectivity index (χ0n) is 15.9. The average Bonchev–Trinajstić information content (AvgIpc) is 2.61. The smallest absolute Gasteiger partial charge is 0.270 e. The number of anilines is 1. The molecule has 6 heteroatoms. The number of rotatable bonds is 4. The summed E-state index contributed by atoms with van der Waals surface area (Å²) in [5, 5.41) is 2.98. The fraction of sp³-hybridized carbons (Fsp3) is 0.429. The number of carbonyl (C=O) groups excluding carboxylic acids is 1. The van der Waals surface area contributed by atoms with Crippen LogP contribution in [-0.2, 0) is 10.7 Å². The van der Waals surface area contributed by atoms with E-state index in [9.17, 15) is 13.6 Å². The van der Waals surface area contributed by atoms with Crippen LogP contribution in [0.25, 0.3) is 11.3 Å². The van der Waals surface area contributed by atoms with Gasteiger partial charge < -0.3 is 10.2 Å². The summed E-state index contributed by atoms with van der Waals surface area (Å²) in [4.78, 5) is 18.1. The van der Waals surface area contributed by atoms with E-state index in [-0.39, 0.29) is 17.5 Å². The van der Waals surface area contributed by atoms with Gasteiger partial charge in [-0.05, 0) is 31.9 Å². The van der Waals surface area contributed by atoms with Crippen LogP contribution in [0.4, 0.5) is 14.5 Å². The zero-order valence-corrected chi connectivity index (χ0v) is 15.9. The van der Waals surface area contributed by atoms with Gasteiger partial charge in [0.1, 0.15) is 0 Å². The van der Waals surface area contributed by atoms with Gasteiger partial charge in [-0.3, -0.25) is 9.78 Å². The highest BCUT2D eigenvalue weighted by molar-refractivity contribution is 5.73. The minimum Gasteiger partial charge on any atom is -0.371 e. The number of nitrogens with one attached hydrogen (secondary N) is 1. The van der Waals surface area contributed by atoms with Gasteiger partial charge in [0.2, 0.25) is 5.91 Å². The van der Waals surface area contributed by atoms with Crippen molar-refractivity contribution in [2.75, 3.05) is 18.0 Å². The highest BCUT2D eigenvalue weighted by atomic mass is 19.3. The van der Waals surface area contributed by atoms with E-state index >= 15 is 0 Å². The molecule has 0 saturated carbocycles. The third kappa shape index (κ3) is 4.81. The molecule has 0 aliphatic carbocycles. The molecule has 4 nitrogen and oxygen atoms in total. The molecule has 1 aromatic carbocycles. The first-order valence-electron chi connectivity index (χ1n) is 9.22. The number of nitrogens with zero attached hydrogens (tertiary/aromatic N) is 2. The predicted octanol–water partition coefficient (Wildman–Crippen LogP) is 4.27. The van der Waals surface area contributed by atoms with Crippen molar-refractivity contribution in [3.8, 4) is 11.3 Å². The molecule has 1 saturated heterocycles. The van der Waals surface area contributed by atoms with E-state index in [2.05, 4.69) is 15.2 Å². The van der Waals surface area contributed by atoms with Crippen molar-refractivity contribution in [2.45, 2.75) is 45.6 Å². The lowest BCUT2D eigenvalue weighted by Gasteiger charge is -2.34. The van der Waals surface area contributed by atoms with Crippen LogP contribution >= 0.6 is 0 Å². The van der Waals surface area contributed by atoms with Crippen LogP contribution in [0.3, 0.4) is 0 Å². The van der Waals surface area contributed by atoms with Crippen LogP contribution in [0, 0.1) is 6.92 Å². The van der Waals surface area contributed by atoms with Crippen LogP contribution in [-0.4, -0.2) is 30.0 Å². The number of alkyl halides is 2. The molecule has 1 aliphatic heterocycles. The van der Waals surface area contributed by atoms with Gasteiger partial charge in [0.25, 0.3) is 5.92 Å². The van der Waals surface area contributed by atoms with E-state index in [4.69, 9.17) is 0 Å². The zero-order chi connectivity index (χ0) is 19.6. The Morgan fingerprint density at radius 2 is 1.81 bits per heavy atom.